The SMILES string of the molecule is CC(C)CNC(=O)c1ccc2c(=O)n(C[C@@H]3CCCO3)c(SCC(=O)c3ccccc3)nc2c1. The predicted molar refractivity (Wildman–Crippen MR) is 134 cm³/mol. The lowest BCUT2D eigenvalue weighted by atomic mass is 10.1. The second kappa shape index (κ2) is 11.0. The van der Waals surface area contributed by atoms with Crippen molar-refractivity contribution in [1.82, 2.24) is 14.9 Å². The van der Waals surface area contributed by atoms with E-state index in [0.29, 0.717) is 52.8 Å². The topological polar surface area (TPSA) is 90.3 Å². The minimum absolute atomic E-state index is 0.0366. The van der Waals surface area contributed by atoms with Gasteiger partial charge in [0.1, 0.15) is 0 Å². The highest BCUT2D eigenvalue weighted by Crippen LogP contribution is 2.22. The number of nitrogens with zero attached hydrogens (tertiary/aromatic N) is 2. The molecule has 3 aromatic rings. The third-order valence-corrected chi connectivity index (χ3v) is 6.67. The summed E-state index contributed by atoms with van der Waals surface area (Å²) in [7, 11) is 0. The Morgan fingerprint density at radius 2 is 1.97 bits per heavy atom. The van der Waals surface area contributed by atoms with Gasteiger partial charge in [0.05, 0.1) is 29.3 Å². The van der Waals surface area contributed by atoms with E-state index < -0.39 is 0 Å². The molecule has 178 valence electrons. The molecule has 1 aliphatic rings. The van der Waals surface area contributed by atoms with Crippen LogP contribution >= 0.6 is 11.8 Å². The highest BCUT2D eigenvalue weighted by molar-refractivity contribution is 7.99. The van der Waals surface area contributed by atoms with Gasteiger partial charge in [-0.3, -0.25) is 19.0 Å². The fourth-order valence-electron chi connectivity index (χ4n) is 3.84. The molecule has 0 bridgehead atoms. The van der Waals surface area contributed by atoms with E-state index in [1.165, 1.54) is 11.8 Å². The molecule has 1 aliphatic heterocycles. The number of Topliss-reactive ketones (excluding diaryl/α,β-unsaturated/α-hetero) is 1. The lowest BCUT2D eigenvalue weighted by molar-refractivity contribution is 0.0937. The van der Waals surface area contributed by atoms with Crippen molar-refractivity contribution < 1.29 is 14.3 Å². The van der Waals surface area contributed by atoms with Gasteiger partial charge in [0, 0.05) is 24.3 Å². The lowest BCUT2D eigenvalue weighted by Crippen LogP contribution is -2.30. The maximum atomic E-state index is 13.4. The van der Waals surface area contributed by atoms with Crippen LogP contribution in [0.2, 0.25) is 0 Å². The van der Waals surface area contributed by atoms with Crippen LogP contribution in [0.15, 0.2) is 58.5 Å². The maximum Gasteiger partial charge on any atom is 0.262 e. The zero-order chi connectivity index (χ0) is 24.1. The van der Waals surface area contributed by atoms with Gasteiger partial charge < -0.3 is 10.1 Å². The van der Waals surface area contributed by atoms with E-state index in [-0.39, 0.29) is 29.1 Å². The molecule has 4 rings (SSSR count). The highest BCUT2D eigenvalue weighted by atomic mass is 32.2. The van der Waals surface area contributed by atoms with E-state index in [1.807, 2.05) is 32.0 Å². The average molecular weight is 480 g/mol. The van der Waals surface area contributed by atoms with Gasteiger partial charge in [0.15, 0.2) is 10.9 Å². The Bertz CT molecular complexity index is 1230. The van der Waals surface area contributed by atoms with E-state index >= 15 is 0 Å². The standard InChI is InChI=1S/C26H29N3O4S/c1-17(2)14-27-24(31)19-10-11-21-22(13-19)28-26(29(25(21)32)15-20-9-6-12-33-20)34-16-23(30)18-7-4-3-5-8-18/h3-5,7-8,10-11,13,17,20H,6,9,12,14-16H2,1-2H3,(H,27,31)/t20-/m0/s1. The van der Waals surface area contributed by atoms with Gasteiger partial charge in [-0.25, -0.2) is 4.98 Å². The molecular formula is C26H29N3O4S. The molecule has 1 aromatic heterocycles. The fourth-order valence-corrected chi connectivity index (χ4v) is 4.74. The average Bonchev–Trinajstić information content (AvgIpc) is 3.36. The molecule has 7 nitrogen and oxygen atoms in total. The van der Waals surface area contributed by atoms with Crippen molar-refractivity contribution in [3.8, 4) is 0 Å². The summed E-state index contributed by atoms with van der Waals surface area (Å²) in [4.78, 5) is 43.4. The summed E-state index contributed by atoms with van der Waals surface area (Å²) < 4.78 is 7.36. The largest absolute Gasteiger partial charge is 0.376 e. The van der Waals surface area contributed by atoms with Crippen LogP contribution in [0.25, 0.3) is 10.9 Å². The minimum Gasteiger partial charge on any atom is -0.376 e. The molecule has 0 saturated carbocycles. The molecule has 0 radical (unpaired) electrons. The number of carbonyl (C=O) groups excluding carboxylic acids is 2. The van der Waals surface area contributed by atoms with E-state index in [2.05, 4.69) is 5.32 Å². The molecule has 1 atom stereocenters. The molecule has 0 unspecified atom stereocenters. The minimum atomic E-state index is -0.200. The molecule has 1 saturated heterocycles. The van der Waals surface area contributed by atoms with Gasteiger partial charge in [-0.05, 0) is 37.0 Å². The number of thioether (sulfide) groups is 1. The lowest BCUT2D eigenvalue weighted by Gasteiger charge is -2.16. The molecule has 2 heterocycles. The van der Waals surface area contributed by atoms with Gasteiger partial charge in [-0.2, -0.15) is 0 Å². The Labute approximate surface area is 202 Å². The summed E-state index contributed by atoms with van der Waals surface area (Å²) in [6.45, 7) is 5.69. The molecule has 8 heteroatoms. The van der Waals surface area contributed by atoms with Crippen molar-refractivity contribution in [2.75, 3.05) is 18.9 Å². The van der Waals surface area contributed by atoms with Crippen LogP contribution in [0.1, 0.15) is 47.4 Å². The van der Waals surface area contributed by atoms with Crippen molar-refractivity contribution in [3.63, 3.8) is 0 Å². The first-order valence-corrected chi connectivity index (χ1v) is 12.6. The molecule has 0 aliphatic carbocycles. The number of hydrogen-bond acceptors (Lipinski definition) is 6. The first-order valence-electron chi connectivity index (χ1n) is 11.6. The van der Waals surface area contributed by atoms with E-state index in [1.54, 1.807) is 34.9 Å². The zero-order valence-corrected chi connectivity index (χ0v) is 20.3. The van der Waals surface area contributed by atoms with Crippen molar-refractivity contribution >= 4 is 34.4 Å². The van der Waals surface area contributed by atoms with Crippen molar-refractivity contribution in [2.24, 2.45) is 5.92 Å². The van der Waals surface area contributed by atoms with Crippen LogP contribution in [0.5, 0.6) is 0 Å². The molecule has 1 fully saturated rings. The first-order chi connectivity index (χ1) is 16.4. The first kappa shape index (κ1) is 24.2. The third-order valence-electron chi connectivity index (χ3n) is 5.69. The van der Waals surface area contributed by atoms with E-state index in [4.69, 9.17) is 9.72 Å². The number of benzene rings is 2. The number of carbonyl (C=O) groups is 2. The van der Waals surface area contributed by atoms with Crippen molar-refractivity contribution in [3.05, 3.63) is 70.0 Å². The quantitative estimate of drug-likeness (QED) is 0.284. The number of aromatic nitrogens is 2. The number of fused-ring (bicyclic) bond motifs is 1. The van der Waals surface area contributed by atoms with Crippen LogP contribution in [0.4, 0.5) is 0 Å². The summed E-state index contributed by atoms with van der Waals surface area (Å²) in [6, 6.07) is 14.0. The highest BCUT2D eigenvalue weighted by Gasteiger charge is 2.21. The monoisotopic (exact) mass is 479 g/mol. The number of ketones is 1. The summed E-state index contributed by atoms with van der Waals surface area (Å²) >= 11 is 1.24. The Morgan fingerprint density at radius 3 is 2.68 bits per heavy atom. The van der Waals surface area contributed by atoms with Gasteiger partial charge in [-0.1, -0.05) is 55.9 Å². The Kier molecular flexibility index (Phi) is 7.80. The van der Waals surface area contributed by atoms with Gasteiger partial charge in [-0.15, -0.1) is 0 Å². The Morgan fingerprint density at radius 1 is 1.18 bits per heavy atom. The van der Waals surface area contributed by atoms with Crippen LogP contribution in [0, 0.1) is 5.92 Å². The number of hydrogen-bond donors (Lipinski definition) is 1. The van der Waals surface area contributed by atoms with Crippen molar-refractivity contribution in [1.29, 1.82) is 0 Å². The normalized spacial score (nSPS) is 15.7. The van der Waals surface area contributed by atoms with Crippen molar-refractivity contribution in [2.45, 2.75) is 44.5 Å². The van der Waals surface area contributed by atoms with Crippen LogP contribution in [-0.2, 0) is 11.3 Å². The van der Waals surface area contributed by atoms with Crippen LogP contribution in [0.3, 0.4) is 0 Å². The molecule has 1 N–H and O–H groups in total. The smallest absolute Gasteiger partial charge is 0.262 e. The predicted octanol–water partition coefficient (Wildman–Crippen LogP) is 3.94. The van der Waals surface area contributed by atoms with Gasteiger partial charge >= 0.3 is 0 Å². The molecule has 34 heavy (non-hydrogen) atoms. The summed E-state index contributed by atoms with van der Waals surface area (Å²) in [5.41, 5.74) is 1.32. The van der Waals surface area contributed by atoms with E-state index in [9.17, 15) is 14.4 Å². The third kappa shape index (κ3) is 5.74. The number of rotatable bonds is 9. The van der Waals surface area contributed by atoms with E-state index in [0.717, 1.165) is 12.8 Å². The second-order valence-electron chi connectivity index (χ2n) is 8.86. The fraction of sp³-hybridized carbons (Fsp3) is 0.385. The summed E-state index contributed by atoms with van der Waals surface area (Å²) in [6.07, 6.45) is 1.79. The Hall–Kier alpha value is -2.97. The van der Waals surface area contributed by atoms with Crippen LogP contribution in [-0.4, -0.2) is 46.2 Å². The summed E-state index contributed by atoms with van der Waals surface area (Å²) in [5.74, 6) is 0.250. The number of nitrogens with one attached hydrogen (secondary N) is 1. The molecule has 2 aromatic carbocycles. The number of ether oxygens (including phenoxy) is 1. The zero-order valence-electron chi connectivity index (χ0n) is 19.5. The van der Waals surface area contributed by atoms with Gasteiger partial charge in [0.25, 0.3) is 11.5 Å². The molecular weight excluding hydrogens is 450 g/mol. The molecule has 0 spiro atoms. The molecule has 1 amide bonds. The summed E-state index contributed by atoms with van der Waals surface area (Å²) in [5, 5.41) is 3.79. The van der Waals surface area contributed by atoms with Gasteiger partial charge in [0.2, 0.25) is 0 Å². The maximum absolute atomic E-state index is 13.4. The second-order valence-corrected chi connectivity index (χ2v) is 9.80. The number of amides is 1. The van der Waals surface area contributed by atoms with Crippen LogP contribution < -0.4 is 10.9 Å². The Balaban J connectivity index is 1.66.